The first kappa shape index (κ1) is 23.8. The molecule has 0 aliphatic rings. The number of pyridine rings is 1. The quantitative estimate of drug-likeness (QED) is 0.397. The van der Waals surface area contributed by atoms with Gasteiger partial charge in [-0.1, -0.05) is 11.6 Å². The van der Waals surface area contributed by atoms with Crippen LogP contribution in [0.15, 0.2) is 42.9 Å². The van der Waals surface area contributed by atoms with E-state index in [1.807, 2.05) is 19.0 Å². The first-order chi connectivity index (χ1) is 15.7. The molecule has 0 unspecified atom stereocenters. The number of carbonyl (C=O) groups excluding carboxylic acids is 3. The van der Waals surface area contributed by atoms with Gasteiger partial charge in [0.05, 0.1) is 28.8 Å². The summed E-state index contributed by atoms with van der Waals surface area (Å²) < 4.78 is 13.1. The van der Waals surface area contributed by atoms with E-state index in [9.17, 15) is 18.8 Å². The fourth-order valence-electron chi connectivity index (χ4n) is 2.71. The normalized spacial score (nSPS) is 10.7. The van der Waals surface area contributed by atoms with Crippen LogP contribution >= 0.6 is 11.6 Å². The van der Waals surface area contributed by atoms with Gasteiger partial charge in [-0.15, -0.1) is 0 Å². The molecule has 0 radical (unpaired) electrons. The number of hydrogen-bond donors (Lipinski definition) is 4. The number of carbonyl (C=O) groups is 3. The summed E-state index contributed by atoms with van der Waals surface area (Å²) in [5.41, 5.74) is 0.388. The SMILES string of the molecule is CN(C)CCNC(=O)c1nc[nH]c1C(=O)Nc1ccc(NC(=O)c2ccc(F)cc2Cl)nc1. The monoisotopic (exact) mass is 473 g/mol. The lowest BCUT2D eigenvalue weighted by atomic mass is 10.2. The van der Waals surface area contributed by atoms with Crippen molar-refractivity contribution in [2.75, 3.05) is 37.8 Å². The lowest BCUT2D eigenvalue weighted by Gasteiger charge is -2.10. The molecule has 0 atom stereocenters. The number of amides is 3. The molecule has 33 heavy (non-hydrogen) atoms. The first-order valence-corrected chi connectivity index (χ1v) is 10.1. The maximum atomic E-state index is 13.1. The summed E-state index contributed by atoms with van der Waals surface area (Å²) in [6, 6.07) is 6.40. The minimum Gasteiger partial charge on any atom is -0.349 e. The third-order valence-corrected chi connectivity index (χ3v) is 4.68. The van der Waals surface area contributed by atoms with E-state index in [2.05, 4.69) is 30.9 Å². The zero-order valence-corrected chi connectivity index (χ0v) is 18.5. The third kappa shape index (κ3) is 6.34. The van der Waals surface area contributed by atoms with Crippen LogP contribution in [0.4, 0.5) is 15.9 Å². The third-order valence-electron chi connectivity index (χ3n) is 4.36. The maximum absolute atomic E-state index is 13.1. The highest BCUT2D eigenvalue weighted by molar-refractivity contribution is 6.34. The van der Waals surface area contributed by atoms with Crippen molar-refractivity contribution >= 4 is 40.8 Å². The molecule has 2 heterocycles. The Bertz CT molecular complexity index is 1160. The van der Waals surface area contributed by atoms with Crippen LogP contribution < -0.4 is 16.0 Å². The number of anilines is 2. The molecule has 4 N–H and O–H groups in total. The summed E-state index contributed by atoms with van der Waals surface area (Å²) in [5, 5.41) is 7.81. The van der Waals surface area contributed by atoms with Crippen LogP contribution in [0.25, 0.3) is 0 Å². The number of hydrogen-bond acceptors (Lipinski definition) is 6. The first-order valence-electron chi connectivity index (χ1n) is 9.74. The highest BCUT2D eigenvalue weighted by atomic mass is 35.5. The van der Waals surface area contributed by atoms with Crippen LogP contribution in [-0.4, -0.2) is 64.8 Å². The number of aromatic nitrogens is 3. The minimum atomic E-state index is -0.582. The molecule has 10 nitrogen and oxygen atoms in total. The van der Waals surface area contributed by atoms with Gasteiger partial charge in [0.15, 0.2) is 5.69 Å². The Hall–Kier alpha value is -3.83. The lowest BCUT2D eigenvalue weighted by Crippen LogP contribution is -2.32. The standard InChI is InChI=1S/C21H21ClFN7O3/c1-30(2)8-7-24-20(32)17-18(27-11-26-17)21(33)28-13-4-6-16(25-10-13)29-19(31)14-5-3-12(23)9-15(14)22/h3-6,9-11H,7-8H2,1-2H3,(H,24,32)(H,26,27)(H,28,33)(H,25,29,31). The van der Waals surface area contributed by atoms with Crippen molar-refractivity contribution < 1.29 is 18.8 Å². The molecule has 172 valence electrons. The average Bonchev–Trinajstić information content (AvgIpc) is 3.25. The van der Waals surface area contributed by atoms with Crippen LogP contribution in [-0.2, 0) is 0 Å². The van der Waals surface area contributed by atoms with Gasteiger partial charge in [0.1, 0.15) is 17.3 Å². The molecule has 0 bridgehead atoms. The van der Waals surface area contributed by atoms with Crippen molar-refractivity contribution in [3.63, 3.8) is 0 Å². The highest BCUT2D eigenvalue weighted by Gasteiger charge is 2.20. The predicted octanol–water partition coefficient (Wildman–Crippen LogP) is 2.39. The summed E-state index contributed by atoms with van der Waals surface area (Å²) in [6.45, 7) is 1.04. The lowest BCUT2D eigenvalue weighted by molar-refractivity contribution is 0.0933. The van der Waals surface area contributed by atoms with Crippen molar-refractivity contribution in [1.82, 2.24) is 25.2 Å². The Morgan fingerprint density at radius 3 is 2.52 bits per heavy atom. The summed E-state index contributed by atoms with van der Waals surface area (Å²) in [7, 11) is 3.75. The van der Waals surface area contributed by atoms with Gasteiger partial charge in [-0.2, -0.15) is 0 Å². The van der Waals surface area contributed by atoms with E-state index in [0.29, 0.717) is 18.8 Å². The second-order valence-electron chi connectivity index (χ2n) is 7.15. The van der Waals surface area contributed by atoms with E-state index in [1.165, 1.54) is 30.7 Å². The molecule has 0 saturated carbocycles. The average molecular weight is 474 g/mol. The molecular weight excluding hydrogens is 453 g/mol. The fourth-order valence-corrected chi connectivity index (χ4v) is 2.96. The molecule has 0 fully saturated rings. The van der Waals surface area contributed by atoms with E-state index in [4.69, 9.17) is 11.6 Å². The summed E-state index contributed by atoms with van der Waals surface area (Å²) in [4.78, 5) is 49.7. The van der Waals surface area contributed by atoms with Gasteiger partial charge in [-0.3, -0.25) is 14.4 Å². The van der Waals surface area contributed by atoms with Crippen LogP contribution in [0, 0.1) is 5.82 Å². The van der Waals surface area contributed by atoms with Gasteiger partial charge in [-0.05, 0) is 44.4 Å². The smallest absolute Gasteiger partial charge is 0.274 e. The van der Waals surface area contributed by atoms with Crippen molar-refractivity contribution in [2.45, 2.75) is 0 Å². The van der Waals surface area contributed by atoms with E-state index in [0.717, 1.165) is 12.1 Å². The molecule has 0 aliphatic heterocycles. The van der Waals surface area contributed by atoms with Gasteiger partial charge < -0.3 is 25.8 Å². The number of benzene rings is 1. The number of H-pyrrole nitrogens is 1. The number of nitrogens with zero attached hydrogens (tertiary/aromatic N) is 3. The Morgan fingerprint density at radius 1 is 1.06 bits per heavy atom. The number of halogens is 2. The summed E-state index contributed by atoms with van der Waals surface area (Å²) >= 11 is 5.89. The largest absolute Gasteiger partial charge is 0.349 e. The van der Waals surface area contributed by atoms with Gasteiger partial charge in [-0.25, -0.2) is 14.4 Å². The van der Waals surface area contributed by atoms with Crippen molar-refractivity contribution in [3.05, 3.63) is 70.6 Å². The van der Waals surface area contributed by atoms with Crippen LogP contribution in [0.5, 0.6) is 0 Å². The molecule has 12 heteroatoms. The van der Waals surface area contributed by atoms with E-state index in [-0.39, 0.29) is 27.8 Å². The molecule has 3 rings (SSSR count). The molecule has 3 aromatic rings. The topological polar surface area (TPSA) is 132 Å². The Morgan fingerprint density at radius 2 is 1.85 bits per heavy atom. The van der Waals surface area contributed by atoms with Crippen molar-refractivity contribution in [3.8, 4) is 0 Å². The van der Waals surface area contributed by atoms with Gasteiger partial charge in [0.25, 0.3) is 17.7 Å². The van der Waals surface area contributed by atoms with Gasteiger partial charge in [0.2, 0.25) is 0 Å². The van der Waals surface area contributed by atoms with Crippen molar-refractivity contribution in [1.29, 1.82) is 0 Å². The number of aromatic amines is 1. The van der Waals surface area contributed by atoms with Crippen LogP contribution in [0.2, 0.25) is 5.02 Å². The Kier molecular flexibility index (Phi) is 7.70. The van der Waals surface area contributed by atoms with E-state index >= 15 is 0 Å². The van der Waals surface area contributed by atoms with Crippen molar-refractivity contribution in [2.24, 2.45) is 0 Å². The second-order valence-corrected chi connectivity index (χ2v) is 7.56. The fraction of sp³-hybridized carbons (Fsp3) is 0.190. The number of likely N-dealkylation sites (N-methyl/N-ethyl adjacent to an activating group) is 1. The highest BCUT2D eigenvalue weighted by Crippen LogP contribution is 2.19. The molecular formula is C21H21ClFN7O3. The van der Waals surface area contributed by atoms with E-state index < -0.39 is 23.5 Å². The molecule has 1 aromatic carbocycles. The van der Waals surface area contributed by atoms with E-state index in [1.54, 1.807) is 0 Å². The molecule has 3 amide bonds. The second kappa shape index (κ2) is 10.7. The number of rotatable bonds is 8. The molecule has 0 aliphatic carbocycles. The number of nitrogens with one attached hydrogen (secondary N) is 4. The molecule has 0 spiro atoms. The summed E-state index contributed by atoms with van der Waals surface area (Å²) in [6.07, 6.45) is 2.58. The molecule has 0 saturated heterocycles. The van der Waals surface area contributed by atoms with Gasteiger partial charge >= 0.3 is 0 Å². The zero-order chi connectivity index (χ0) is 24.0. The van der Waals surface area contributed by atoms with Crippen LogP contribution in [0.3, 0.4) is 0 Å². The summed E-state index contributed by atoms with van der Waals surface area (Å²) in [5.74, 6) is -1.98. The number of imidazole rings is 1. The Labute approximate surface area is 193 Å². The predicted molar refractivity (Wildman–Crippen MR) is 121 cm³/mol. The zero-order valence-electron chi connectivity index (χ0n) is 17.8. The molecule has 2 aromatic heterocycles. The van der Waals surface area contributed by atoms with Crippen LogP contribution in [0.1, 0.15) is 31.3 Å². The Balaban J connectivity index is 1.61. The van der Waals surface area contributed by atoms with Gasteiger partial charge in [0, 0.05) is 13.1 Å². The minimum absolute atomic E-state index is 0.000633. The maximum Gasteiger partial charge on any atom is 0.274 e.